The summed E-state index contributed by atoms with van der Waals surface area (Å²) in [6.45, 7) is 0. The van der Waals surface area contributed by atoms with Crippen LogP contribution in [0.1, 0.15) is 23.5 Å². The summed E-state index contributed by atoms with van der Waals surface area (Å²) in [5, 5.41) is 0.0975. The maximum atomic E-state index is 12.6. The van der Waals surface area contributed by atoms with Crippen molar-refractivity contribution in [3.05, 3.63) is 34.3 Å². The number of rotatable bonds is 1. The molecule has 0 amide bonds. The molecule has 1 aliphatic rings. The van der Waals surface area contributed by atoms with E-state index in [1.54, 1.807) is 0 Å². The lowest BCUT2D eigenvalue weighted by Gasteiger charge is -2.12. The van der Waals surface area contributed by atoms with Crippen molar-refractivity contribution in [2.24, 2.45) is 5.73 Å². The zero-order chi connectivity index (χ0) is 11.2. The molecule has 5 heteroatoms. The zero-order valence-electron chi connectivity index (χ0n) is 7.68. The van der Waals surface area contributed by atoms with E-state index in [0.717, 1.165) is 6.07 Å². The van der Waals surface area contributed by atoms with Crippen LogP contribution in [0.3, 0.4) is 0 Å². The van der Waals surface area contributed by atoms with Gasteiger partial charge in [-0.1, -0.05) is 17.7 Å². The van der Waals surface area contributed by atoms with Crippen molar-refractivity contribution in [2.75, 3.05) is 0 Å². The predicted octanol–water partition coefficient (Wildman–Crippen LogP) is 3.17. The first kappa shape index (κ1) is 10.8. The van der Waals surface area contributed by atoms with E-state index < -0.39 is 11.7 Å². The second-order valence-electron chi connectivity index (χ2n) is 3.74. The Morgan fingerprint density at radius 3 is 2.40 bits per heavy atom. The highest BCUT2D eigenvalue weighted by Gasteiger charge is 2.42. The van der Waals surface area contributed by atoms with Gasteiger partial charge in [-0.05, 0) is 24.1 Å². The van der Waals surface area contributed by atoms with E-state index in [1.165, 1.54) is 12.1 Å². The molecule has 2 atom stereocenters. The van der Waals surface area contributed by atoms with Crippen LogP contribution >= 0.6 is 11.6 Å². The van der Waals surface area contributed by atoms with Gasteiger partial charge >= 0.3 is 6.18 Å². The van der Waals surface area contributed by atoms with Gasteiger partial charge in [-0.15, -0.1) is 0 Å². The summed E-state index contributed by atoms with van der Waals surface area (Å²) in [5.41, 5.74) is 5.15. The third-order valence-corrected chi connectivity index (χ3v) is 2.80. The minimum absolute atomic E-state index is 0.0975. The third kappa shape index (κ3) is 2.11. The first-order chi connectivity index (χ1) is 6.89. The van der Waals surface area contributed by atoms with E-state index in [1.807, 2.05) is 0 Å². The SMILES string of the molecule is NC1CC1c1ccc(Cl)cc1C(F)(F)F. The van der Waals surface area contributed by atoms with Gasteiger partial charge in [0.25, 0.3) is 0 Å². The van der Waals surface area contributed by atoms with E-state index in [4.69, 9.17) is 17.3 Å². The predicted molar refractivity (Wildman–Crippen MR) is 51.8 cm³/mol. The molecule has 0 aliphatic heterocycles. The topological polar surface area (TPSA) is 26.0 Å². The lowest BCUT2D eigenvalue weighted by Crippen LogP contribution is -2.10. The standard InChI is InChI=1S/C10H9ClF3N/c11-5-1-2-6(7-4-9(7)15)8(3-5)10(12,13)14/h1-3,7,9H,4,15H2. The Kier molecular flexibility index (Phi) is 2.43. The van der Waals surface area contributed by atoms with E-state index in [-0.39, 0.29) is 22.5 Å². The summed E-state index contributed by atoms with van der Waals surface area (Å²) in [4.78, 5) is 0. The highest BCUT2D eigenvalue weighted by atomic mass is 35.5. The number of halogens is 4. The smallest absolute Gasteiger partial charge is 0.327 e. The molecule has 1 aromatic rings. The Morgan fingerprint density at radius 2 is 1.93 bits per heavy atom. The quantitative estimate of drug-likeness (QED) is 0.795. The average molecular weight is 236 g/mol. The molecule has 0 radical (unpaired) electrons. The largest absolute Gasteiger partial charge is 0.416 e. The fourth-order valence-electron chi connectivity index (χ4n) is 1.67. The number of hydrogen-bond acceptors (Lipinski definition) is 1. The van der Waals surface area contributed by atoms with Crippen LogP contribution in [0.4, 0.5) is 13.2 Å². The summed E-state index contributed by atoms with van der Waals surface area (Å²) in [6, 6.07) is 3.70. The molecule has 1 aliphatic carbocycles. The third-order valence-electron chi connectivity index (χ3n) is 2.56. The molecule has 2 unspecified atom stereocenters. The summed E-state index contributed by atoms with van der Waals surface area (Å²) in [5.74, 6) is -0.168. The molecule has 0 aromatic heterocycles. The van der Waals surface area contributed by atoms with Crippen molar-refractivity contribution in [2.45, 2.75) is 24.6 Å². The lowest BCUT2D eigenvalue weighted by atomic mass is 10.0. The average Bonchev–Trinajstić information content (AvgIpc) is 2.81. The number of hydrogen-bond donors (Lipinski definition) is 1. The summed E-state index contributed by atoms with van der Waals surface area (Å²) in [7, 11) is 0. The molecular formula is C10H9ClF3N. The maximum Gasteiger partial charge on any atom is 0.416 e. The van der Waals surface area contributed by atoms with E-state index in [2.05, 4.69) is 0 Å². The summed E-state index contributed by atoms with van der Waals surface area (Å²) >= 11 is 5.55. The van der Waals surface area contributed by atoms with Crippen LogP contribution in [0.2, 0.25) is 5.02 Å². The van der Waals surface area contributed by atoms with Crippen LogP contribution in [0.5, 0.6) is 0 Å². The molecule has 1 saturated carbocycles. The van der Waals surface area contributed by atoms with E-state index >= 15 is 0 Å². The van der Waals surface area contributed by atoms with Crippen LogP contribution in [0.15, 0.2) is 18.2 Å². The van der Waals surface area contributed by atoms with Crippen molar-refractivity contribution < 1.29 is 13.2 Å². The second kappa shape index (κ2) is 3.39. The summed E-state index contributed by atoms with van der Waals surface area (Å²) < 4.78 is 37.9. The van der Waals surface area contributed by atoms with Crippen molar-refractivity contribution in [3.63, 3.8) is 0 Å². The number of alkyl halides is 3. The zero-order valence-corrected chi connectivity index (χ0v) is 8.44. The van der Waals surface area contributed by atoms with Gasteiger partial charge in [0.05, 0.1) is 5.56 Å². The molecule has 2 rings (SSSR count). The van der Waals surface area contributed by atoms with Gasteiger partial charge in [-0.2, -0.15) is 13.2 Å². The van der Waals surface area contributed by atoms with Crippen molar-refractivity contribution in [1.82, 2.24) is 0 Å². The van der Waals surface area contributed by atoms with Crippen LogP contribution in [0, 0.1) is 0 Å². The normalized spacial score (nSPS) is 25.4. The Morgan fingerprint density at radius 1 is 1.33 bits per heavy atom. The number of benzene rings is 1. The van der Waals surface area contributed by atoms with E-state index in [0.29, 0.717) is 6.42 Å². The molecule has 1 fully saturated rings. The molecule has 2 N–H and O–H groups in total. The van der Waals surface area contributed by atoms with Gasteiger partial charge in [-0.3, -0.25) is 0 Å². The first-order valence-electron chi connectivity index (χ1n) is 4.52. The van der Waals surface area contributed by atoms with Crippen molar-refractivity contribution >= 4 is 11.6 Å². The van der Waals surface area contributed by atoms with Gasteiger partial charge in [0.1, 0.15) is 0 Å². The first-order valence-corrected chi connectivity index (χ1v) is 4.89. The maximum absolute atomic E-state index is 12.6. The molecule has 0 bridgehead atoms. The molecule has 0 heterocycles. The highest BCUT2D eigenvalue weighted by molar-refractivity contribution is 6.30. The molecule has 82 valence electrons. The molecular weight excluding hydrogens is 227 g/mol. The highest BCUT2D eigenvalue weighted by Crippen LogP contribution is 2.45. The Hall–Kier alpha value is -0.740. The van der Waals surface area contributed by atoms with Gasteiger partial charge in [0.2, 0.25) is 0 Å². The van der Waals surface area contributed by atoms with Crippen LogP contribution < -0.4 is 5.73 Å². The fraction of sp³-hybridized carbons (Fsp3) is 0.400. The van der Waals surface area contributed by atoms with Crippen LogP contribution in [-0.4, -0.2) is 6.04 Å². The fourth-order valence-corrected chi connectivity index (χ4v) is 1.84. The monoisotopic (exact) mass is 235 g/mol. The van der Waals surface area contributed by atoms with Gasteiger partial charge in [-0.25, -0.2) is 0 Å². The lowest BCUT2D eigenvalue weighted by molar-refractivity contribution is -0.138. The molecule has 15 heavy (non-hydrogen) atoms. The van der Waals surface area contributed by atoms with Crippen LogP contribution in [-0.2, 0) is 6.18 Å². The Labute approximate surface area is 90.0 Å². The van der Waals surface area contributed by atoms with Gasteiger partial charge < -0.3 is 5.73 Å². The molecule has 1 aromatic carbocycles. The number of nitrogens with two attached hydrogens (primary N) is 1. The Balaban J connectivity index is 2.45. The second-order valence-corrected chi connectivity index (χ2v) is 4.17. The van der Waals surface area contributed by atoms with Crippen molar-refractivity contribution in [1.29, 1.82) is 0 Å². The minimum Gasteiger partial charge on any atom is -0.327 e. The van der Waals surface area contributed by atoms with Crippen LogP contribution in [0.25, 0.3) is 0 Å². The Bertz CT molecular complexity index is 389. The van der Waals surface area contributed by atoms with E-state index in [9.17, 15) is 13.2 Å². The molecule has 0 spiro atoms. The molecule has 0 saturated heterocycles. The minimum atomic E-state index is -4.36. The van der Waals surface area contributed by atoms with Gasteiger partial charge in [0, 0.05) is 17.0 Å². The van der Waals surface area contributed by atoms with Crippen molar-refractivity contribution in [3.8, 4) is 0 Å². The molecule has 1 nitrogen and oxygen atoms in total. The van der Waals surface area contributed by atoms with Gasteiger partial charge in [0.15, 0.2) is 0 Å². The summed E-state index contributed by atoms with van der Waals surface area (Å²) in [6.07, 6.45) is -3.74.